The van der Waals surface area contributed by atoms with Crippen molar-refractivity contribution >= 4 is 11.9 Å². The van der Waals surface area contributed by atoms with Gasteiger partial charge in [-0.2, -0.15) is 13.2 Å². The monoisotopic (exact) mass is 381 g/mol. The summed E-state index contributed by atoms with van der Waals surface area (Å²) in [5.74, 6) is -2.10. The van der Waals surface area contributed by atoms with Crippen LogP contribution in [0, 0.1) is 0 Å². The summed E-state index contributed by atoms with van der Waals surface area (Å²) >= 11 is 0. The predicted molar refractivity (Wildman–Crippen MR) is 91.1 cm³/mol. The smallest absolute Gasteiger partial charge is 0.419 e. The fraction of sp³-hybridized carbons (Fsp3) is 0.263. The Hall–Kier alpha value is -3.03. The zero-order chi connectivity index (χ0) is 19.9. The van der Waals surface area contributed by atoms with Crippen molar-refractivity contribution in [1.29, 1.82) is 0 Å². The number of hydrogen-bond acceptors (Lipinski definition) is 3. The van der Waals surface area contributed by atoms with Crippen LogP contribution in [-0.2, 0) is 15.8 Å². The number of carboxylic acids is 1. The fourth-order valence-corrected chi connectivity index (χ4v) is 2.48. The van der Waals surface area contributed by atoms with E-state index in [4.69, 9.17) is 9.84 Å². The minimum absolute atomic E-state index is 0.143. The molecule has 27 heavy (non-hydrogen) atoms. The molecule has 0 aliphatic heterocycles. The maximum atomic E-state index is 12.9. The van der Waals surface area contributed by atoms with Gasteiger partial charge in [-0.05, 0) is 24.1 Å². The van der Waals surface area contributed by atoms with Crippen LogP contribution >= 0.6 is 0 Å². The molecule has 1 atom stereocenters. The number of para-hydroxylation sites is 1. The van der Waals surface area contributed by atoms with Gasteiger partial charge in [0.15, 0.2) is 6.61 Å². The lowest BCUT2D eigenvalue weighted by atomic mass is 10.0. The summed E-state index contributed by atoms with van der Waals surface area (Å²) in [6.45, 7) is -0.622. The lowest BCUT2D eigenvalue weighted by Gasteiger charge is -2.19. The summed E-state index contributed by atoms with van der Waals surface area (Å²) in [5.41, 5.74) is -0.272. The molecule has 0 bridgehead atoms. The summed E-state index contributed by atoms with van der Waals surface area (Å²) in [5, 5.41) is 11.5. The molecule has 0 spiro atoms. The van der Waals surface area contributed by atoms with Gasteiger partial charge in [0, 0.05) is 6.42 Å². The van der Waals surface area contributed by atoms with Gasteiger partial charge in [0.1, 0.15) is 5.75 Å². The van der Waals surface area contributed by atoms with Crippen molar-refractivity contribution in [3.8, 4) is 5.75 Å². The van der Waals surface area contributed by atoms with Crippen molar-refractivity contribution < 1.29 is 32.6 Å². The minimum Gasteiger partial charge on any atom is -0.483 e. The van der Waals surface area contributed by atoms with E-state index >= 15 is 0 Å². The van der Waals surface area contributed by atoms with Crippen LogP contribution in [-0.4, -0.2) is 23.6 Å². The molecule has 0 heterocycles. The minimum atomic E-state index is -4.60. The Kier molecular flexibility index (Phi) is 6.81. The number of rotatable bonds is 8. The lowest BCUT2D eigenvalue weighted by molar-refractivity contribution is -0.139. The highest BCUT2D eigenvalue weighted by Crippen LogP contribution is 2.35. The number of carboxylic acid groups (broad SMARTS) is 1. The summed E-state index contributed by atoms with van der Waals surface area (Å²) < 4.78 is 43.9. The van der Waals surface area contributed by atoms with E-state index in [0.29, 0.717) is 5.56 Å². The third-order valence-electron chi connectivity index (χ3n) is 3.74. The van der Waals surface area contributed by atoms with Crippen LogP contribution in [0.25, 0.3) is 0 Å². The Labute approximate surface area is 153 Å². The Morgan fingerprint density at radius 3 is 2.30 bits per heavy atom. The van der Waals surface area contributed by atoms with Gasteiger partial charge in [-0.3, -0.25) is 9.59 Å². The number of carbonyl (C=O) groups excluding carboxylic acids is 1. The van der Waals surface area contributed by atoms with E-state index in [1.165, 1.54) is 12.1 Å². The molecule has 8 heteroatoms. The molecule has 5 nitrogen and oxygen atoms in total. The Balaban J connectivity index is 2.03. The summed E-state index contributed by atoms with van der Waals surface area (Å²) in [4.78, 5) is 23.0. The zero-order valence-corrected chi connectivity index (χ0v) is 14.2. The SMILES string of the molecule is O=C(O)CCC(NC(=O)COc1ccccc1C(F)(F)F)c1ccccc1. The molecule has 144 valence electrons. The molecule has 1 unspecified atom stereocenters. The number of aliphatic carboxylic acids is 1. The number of amides is 1. The average Bonchev–Trinajstić information content (AvgIpc) is 2.63. The van der Waals surface area contributed by atoms with Gasteiger partial charge in [0.25, 0.3) is 5.91 Å². The van der Waals surface area contributed by atoms with Crippen molar-refractivity contribution in [2.45, 2.75) is 25.1 Å². The van der Waals surface area contributed by atoms with E-state index in [1.54, 1.807) is 30.3 Å². The van der Waals surface area contributed by atoms with Crippen LogP contribution in [0.4, 0.5) is 13.2 Å². The first-order chi connectivity index (χ1) is 12.8. The van der Waals surface area contributed by atoms with Gasteiger partial charge < -0.3 is 15.2 Å². The topological polar surface area (TPSA) is 75.6 Å². The average molecular weight is 381 g/mol. The van der Waals surface area contributed by atoms with Crippen molar-refractivity contribution in [2.24, 2.45) is 0 Å². The largest absolute Gasteiger partial charge is 0.483 e. The quantitative estimate of drug-likeness (QED) is 0.729. The molecule has 2 aromatic carbocycles. The number of halogens is 3. The van der Waals surface area contributed by atoms with Crippen LogP contribution in [0.2, 0.25) is 0 Å². The second-order valence-corrected chi connectivity index (χ2v) is 5.75. The highest BCUT2D eigenvalue weighted by molar-refractivity contribution is 5.78. The van der Waals surface area contributed by atoms with E-state index in [1.807, 2.05) is 0 Å². The Morgan fingerprint density at radius 2 is 1.67 bits per heavy atom. The molecule has 1 amide bonds. The van der Waals surface area contributed by atoms with E-state index in [0.717, 1.165) is 12.1 Å². The second kappa shape index (κ2) is 9.07. The van der Waals surface area contributed by atoms with Gasteiger partial charge >= 0.3 is 12.1 Å². The highest BCUT2D eigenvalue weighted by atomic mass is 19.4. The number of alkyl halides is 3. The molecule has 0 fully saturated rings. The third kappa shape index (κ3) is 6.32. The van der Waals surface area contributed by atoms with Gasteiger partial charge in [0.2, 0.25) is 0 Å². The molecule has 2 rings (SSSR count). The maximum Gasteiger partial charge on any atom is 0.419 e. The van der Waals surface area contributed by atoms with Crippen molar-refractivity contribution in [3.05, 3.63) is 65.7 Å². The Morgan fingerprint density at radius 1 is 1.04 bits per heavy atom. The first-order valence-electron chi connectivity index (χ1n) is 8.12. The number of carbonyl (C=O) groups is 2. The summed E-state index contributed by atoms with van der Waals surface area (Å²) in [6, 6.07) is 12.7. The predicted octanol–water partition coefficient (Wildman–Crippen LogP) is 3.81. The number of hydrogen-bond donors (Lipinski definition) is 2. The number of ether oxygens (including phenoxy) is 1. The van der Waals surface area contributed by atoms with Gasteiger partial charge in [-0.25, -0.2) is 0 Å². The normalized spacial score (nSPS) is 12.3. The summed E-state index contributed by atoms with van der Waals surface area (Å²) in [7, 11) is 0. The molecular formula is C19H18F3NO4. The Bertz CT molecular complexity index is 778. The van der Waals surface area contributed by atoms with E-state index < -0.39 is 42.0 Å². The second-order valence-electron chi connectivity index (χ2n) is 5.75. The highest BCUT2D eigenvalue weighted by Gasteiger charge is 2.34. The standard InChI is InChI=1S/C19H18F3NO4/c20-19(21,22)14-8-4-5-9-16(14)27-12-17(24)23-15(10-11-18(25)26)13-6-2-1-3-7-13/h1-9,15H,10-12H2,(H,23,24)(H,25,26). The molecule has 0 saturated carbocycles. The van der Waals surface area contributed by atoms with Crippen LogP contribution in [0.15, 0.2) is 54.6 Å². The molecule has 0 radical (unpaired) electrons. The molecule has 0 aromatic heterocycles. The van der Waals surface area contributed by atoms with Crippen LogP contribution in [0.3, 0.4) is 0 Å². The fourth-order valence-electron chi connectivity index (χ4n) is 2.48. The number of benzene rings is 2. The molecule has 2 aromatic rings. The van der Waals surface area contributed by atoms with Crippen LogP contribution in [0.1, 0.15) is 30.0 Å². The van der Waals surface area contributed by atoms with E-state index in [2.05, 4.69) is 5.32 Å². The van der Waals surface area contributed by atoms with Crippen molar-refractivity contribution in [1.82, 2.24) is 5.32 Å². The van der Waals surface area contributed by atoms with Crippen molar-refractivity contribution in [2.75, 3.05) is 6.61 Å². The van der Waals surface area contributed by atoms with Crippen LogP contribution < -0.4 is 10.1 Å². The lowest BCUT2D eigenvalue weighted by Crippen LogP contribution is -2.33. The summed E-state index contributed by atoms with van der Waals surface area (Å²) in [6.07, 6.45) is -4.62. The number of nitrogens with one attached hydrogen (secondary N) is 1. The molecule has 2 N–H and O–H groups in total. The van der Waals surface area contributed by atoms with Crippen molar-refractivity contribution in [3.63, 3.8) is 0 Å². The molecule has 0 aliphatic carbocycles. The first-order valence-corrected chi connectivity index (χ1v) is 8.12. The third-order valence-corrected chi connectivity index (χ3v) is 3.74. The van der Waals surface area contributed by atoms with Gasteiger partial charge in [-0.1, -0.05) is 42.5 Å². The molecule has 0 aliphatic rings. The first kappa shape index (κ1) is 20.3. The van der Waals surface area contributed by atoms with Gasteiger partial charge in [-0.15, -0.1) is 0 Å². The van der Waals surface area contributed by atoms with Crippen LogP contribution in [0.5, 0.6) is 5.75 Å². The molecular weight excluding hydrogens is 363 g/mol. The van der Waals surface area contributed by atoms with E-state index in [-0.39, 0.29) is 12.8 Å². The van der Waals surface area contributed by atoms with E-state index in [9.17, 15) is 22.8 Å². The zero-order valence-electron chi connectivity index (χ0n) is 14.2. The maximum absolute atomic E-state index is 12.9. The molecule has 0 saturated heterocycles. The van der Waals surface area contributed by atoms with Gasteiger partial charge in [0.05, 0.1) is 11.6 Å².